The normalized spacial score (nSPS) is 0. The second-order valence-corrected chi connectivity index (χ2v) is 0. The van der Waals surface area contributed by atoms with Crippen LogP contribution in [0.4, 0.5) is 0 Å². The summed E-state index contributed by atoms with van der Waals surface area (Å²) in [6.07, 6.45) is 0. The molecule has 1 atom stereocenters. The summed E-state index contributed by atoms with van der Waals surface area (Å²) in [6.45, 7) is 0. The van der Waals surface area contributed by atoms with Crippen LogP contribution in [0.25, 0.3) is 0 Å². The van der Waals surface area contributed by atoms with Crippen molar-refractivity contribution in [3.8, 4) is 0 Å². The van der Waals surface area contributed by atoms with Gasteiger partial charge in [-0.05, 0) is 0 Å². The maximum absolute atomic E-state index is 0. The van der Waals surface area contributed by atoms with Crippen molar-refractivity contribution in [3.63, 3.8) is 0 Å². The van der Waals surface area contributed by atoms with Crippen molar-refractivity contribution in [2.45, 2.75) is 0 Å². The van der Waals surface area contributed by atoms with Crippen molar-refractivity contribution in [1.29, 1.82) is 0 Å². The molecule has 1 unspecified atom stereocenters. The first-order valence-electron chi connectivity index (χ1n) is 0. The first-order chi connectivity index (χ1) is 0. The molecule has 0 saturated heterocycles. The van der Waals surface area contributed by atoms with Gasteiger partial charge in [-0.2, -0.15) is 9.90 Å². The van der Waals surface area contributed by atoms with Crippen molar-refractivity contribution < 1.29 is 8.56 Å². The van der Waals surface area contributed by atoms with Gasteiger partial charge in [0, 0.05) is 0 Å². The zero-order valence-electron chi connectivity index (χ0n) is 8.83. The van der Waals surface area contributed by atoms with E-state index in [9.17, 15) is 0 Å². The Kier molecular flexibility index (Phi) is 94.4. The monoisotopic (exact) mass is 160 g/mol. The summed E-state index contributed by atoms with van der Waals surface area (Å²) >= 11 is 0. The minimum absolute atomic E-state index is 0. The Balaban J connectivity index is 0. The van der Waals surface area contributed by atoms with Gasteiger partial charge in [0.1, 0.15) is 0 Å². The average Bonchev–Trinajstić information content (AvgIpc) is 0. The fraction of sp³-hybridized carbons (Fsp3) is 0. The second-order valence-electron chi connectivity index (χ2n) is 0. The van der Waals surface area contributed by atoms with Crippen LogP contribution >= 0.6 is 9.90 Å². The third kappa shape index (κ3) is 9.51. The molecule has 0 aliphatic rings. The van der Waals surface area contributed by atoms with Gasteiger partial charge in [0.2, 0.25) is 0 Å². The molecular formula is H9Ca3P. The topological polar surface area (TPSA) is 0 Å². The van der Waals surface area contributed by atoms with Gasteiger partial charge < -0.3 is 8.56 Å². The molecule has 0 fully saturated rings. The molecule has 4 heavy (non-hydrogen) atoms. The molecule has 0 spiro atoms. The van der Waals surface area contributed by atoms with Crippen LogP contribution in [0.1, 0.15) is 8.56 Å². The van der Waals surface area contributed by atoms with E-state index >= 15 is 0 Å². The number of rotatable bonds is 0. The van der Waals surface area contributed by atoms with E-state index < -0.39 is 0 Å². The standard InChI is InChI=1S/3Ca.H3P.6H/h;;;1H3;;;;;;/q3*+2;;6*-1. The summed E-state index contributed by atoms with van der Waals surface area (Å²) in [5.41, 5.74) is 0. The Morgan fingerprint density at radius 3 is 0.750 bits per heavy atom. The van der Waals surface area contributed by atoms with Gasteiger partial charge in [-0.3, -0.25) is 0 Å². The summed E-state index contributed by atoms with van der Waals surface area (Å²) in [4.78, 5) is 0. The van der Waals surface area contributed by atoms with Crippen LogP contribution in [0.2, 0.25) is 0 Å². The minimum atomic E-state index is 0. The summed E-state index contributed by atoms with van der Waals surface area (Å²) in [5, 5.41) is 0. The Morgan fingerprint density at radius 1 is 0.750 bits per heavy atom. The molecule has 0 rings (SSSR count). The van der Waals surface area contributed by atoms with Crippen molar-refractivity contribution >= 4 is 123 Å². The molecule has 20 valence electrons. The molecule has 0 amide bonds. The van der Waals surface area contributed by atoms with Crippen molar-refractivity contribution in [3.05, 3.63) is 0 Å². The van der Waals surface area contributed by atoms with Gasteiger partial charge in [-0.1, -0.05) is 0 Å². The molecule has 0 N–H and O–H groups in total. The van der Waals surface area contributed by atoms with E-state index in [1.54, 1.807) is 0 Å². The number of hydrogen-bond donors (Lipinski definition) is 0. The van der Waals surface area contributed by atoms with Crippen molar-refractivity contribution in [1.82, 2.24) is 0 Å². The smallest absolute Gasteiger partial charge is 1.00 e. The van der Waals surface area contributed by atoms with Gasteiger partial charge in [-0.25, -0.2) is 0 Å². The van der Waals surface area contributed by atoms with Crippen molar-refractivity contribution in [2.24, 2.45) is 0 Å². The molecule has 4 heteroatoms. The SMILES string of the molecule is P.[Ca+2].[Ca+2].[Ca+2].[H-].[H-].[H-].[H-].[H-].[H-]. The van der Waals surface area contributed by atoms with Crippen LogP contribution in [-0.2, 0) is 0 Å². The molecule has 0 aromatic heterocycles. The van der Waals surface area contributed by atoms with E-state index in [-0.39, 0.29) is 132 Å². The molecule has 0 nitrogen and oxygen atoms in total. The average molecular weight is 160 g/mol. The van der Waals surface area contributed by atoms with E-state index in [1.165, 1.54) is 0 Å². The molecule has 0 saturated carbocycles. The molecule has 0 aromatic rings. The molecule has 0 radical (unpaired) electrons. The molecular weight excluding hydrogens is 151 g/mol. The third-order valence-electron chi connectivity index (χ3n) is 0. The van der Waals surface area contributed by atoms with Gasteiger partial charge >= 0.3 is 113 Å². The van der Waals surface area contributed by atoms with Crippen LogP contribution in [0.3, 0.4) is 0 Å². The van der Waals surface area contributed by atoms with Gasteiger partial charge in [0.05, 0.1) is 0 Å². The van der Waals surface area contributed by atoms with E-state index in [0.29, 0.717) is 0 Å². The van der Waals surface area contributed by atoms with Gasteiger partial charge in [0.25, 0.3) is 0 Å². The maximum atomic E-state index is 0. The number of hydrogen-bond acceptors (Lipinski definition) is 0. The Hall–Kier alpha value is 4.21. The molecule has 0 bridgehead atoms. The fourth-order valence-electron chi connectivity index (χ4n) is 0. The Labute approximate surface area is 128 Å². The van der Waals surface area contributed by atoms with E-state index in [1.807, 2.05) is 0 Å². The van der Waals surface area contributed by atoms with Crippen LogP contribution < -0.4 is 0 Å². The van der Waals surface area contributed by atoms with E-state index in [4.69, 9.17) is 0 Å². The summed E-state index contributed by atoms with van der Waals surface area (Å²) < 4.78 is 0. The van der Waals surface area contributed by atoms with Crippen LogP contribution in [0, 0.1) is 0 Å². The zero-order valence-corrected chi connectivity index (χ0v) is 10.9. The first kappa shape index (κ1) is 24.1. The Morgan fingerprint density at radius 2 is 0.750 bits per heavy atom. The predicted molar refractivity (Wildman–Crippen MR) is 35.0 cm³/mol. The van der Waals surface area contributed by atoms with E-state index in [2.05, 4.69) is 0 Å². The molecule has 0 aliphatic carbocycles. The van der Waals surface area contributed by atoms with Crippen LogP contribution in [0.15, 0.2) is 0 Å². The van der Waals surface area contributed by atoms with Crippen LogP contribution in [-0.4, -0.2) is 113 Å². The predicted octanol–water partition coefficient (Wildman–Crippen LogP) is -0.409. The summed E-state index contributed by atoms with van der Waals surface area (Å²) in [5.74, 6) is 0. The largest absolute Gasteiger partial charge is 2.00 e. The molecule has 0 heterocycles. The van der Waals surface area contributed by atoms with Crippen LogP contribution in [0.5, 0.6) is 0 Å². The van der Waals surface area contributed by atoms with E-state index in [0.717, 1.165) is 0 Å². The summed E-state index contributed by atoms with van der Waals surface area (Å²) in [6, 6.07) is 0. The third-order valence-corrected chi connectivity index (χ3v) is 0. The Bertz CT molecular complexity index is 13.0. The van der Waals surface area contributed by atoms with Gasteiger partial charge in [-0.15, -0.1) is 0 Å². The summed E-state index contributed by atoms with van der Waals surface area (Å²) in [7, 11) is 0. The fourth-order valence-corrected chi connectivity index (χ4v) is 0. The minimum Gasteiger partial charge on any atom is -1.00 e. The van der Waals surface area contributed by atoms with Crippen molar-refractivity contribution in [2.75, 3.05) is 0 Å². The second kappa shape index (κ2) is 15.7. The maximum Gasteiger partial charge on any atom is 2.00 e. The first-order valence-corrected chi connectivity index (χ1v) is 0. The molecule has 0 aliphatic heterocycles. The quantitative estimate of drug-likeness (QED) is 0.334. The zero-order chi connectivity index (χ0) is 0. The molecule has 0 aromatic carbocycles. The van der Waals surface area contributed by atoms with Gasteiger partial charge in [0.15, 0.2) is 0 Å².